The first kappa shape index (κ1) is 15.9. The molecule has 1 aliphatic heterocycles. The van der Waals surface area contributed by atoms with Crippen LogP contribution in [-0.2, 0) is 9.47 Å². The Labute approximate surface area is 112 Å². The first-order valence-corrected chi connectivity index (χ1v) is 7.39. The van der Waals surface area contributed by atoms with Gasteiger partial charge in [0.1, 0.15) is 0 Å². The molecule has 4 heteroatoms. The summed E-state index contributed by atoms with van der Waals surface area (Å²) in [6.45, 7) is 9.18. The number of ether oxygens (including phenoxy) is 2. The molecule has 0 aromatic heterocycles. The number of nitrogens with one attached hydrogen (secondary N) is 1. The van der Waals surface area contributed by atoms with Gasteiger partial charge in [0.2, 0.25) is 0 Å². The molecule has 1 unspecified atom stereocenters. The highest BCUT2D eigenvalue weighted by Crippen LogP contribution is 2.11. The van der Waals surface area contributed by atoms with Crippen molar-refractivity contribution in [3.63, 3.8) is 0 Å². The van der Waals surface area contributed by atoms with Crippen molar-refractivity contribution >= 4 is 0 Å². The van der Waals surface area contributed by atoms with Crippen LogP contribution in [0.1, 0.15) is 32.6 Å². The molecule has 1 fully saturated rings. The van der Waals surface area contributed by atoms with E-state index in [1.54, 1.807) is 7.11 Å². The van der Waals surface area contributed by atoms with Crippen LogP contribution in [0.4, 0.5) is 0 Å². The fourth-order valence-electron chi connectivity index (χ4n) is 2.48. The van der Waals surface area contributed by atoms with Crippen molar-refractivity contribution in [2.75, 3.05) is 53.1 Å². The van der Waals surface area contributed by atoms with E-state index in [4.69, 9.17) is 9.47 Å². The second kappa shape index (κ2) is 10.7. The molecule has 1 aliphatic rings. The third-order valence-corrected chi connectivity index (χ3v) is 3.47. The van der Waals surface area contributed by atoms with Crippen molar-refractivity contribution in [2.45, 2.75) is 38.6 Å². The Hall–Kier alpha value is -0.160. The van der Waals surface area contributed by atoms with Crippen molar-refractivity contribution in [1.82, 2.24) is 10.2 Å². The van der Waals surface area contributed by atoms with Crippen LogP contribution in [0.15, 0.2) is 0 Å². The quantitative estimate of drug-likeness (QED) is 0.636. The van der Waals surface area contributed by atoms with Gasteiger partial charge in [-0.2, -0.15) is 0 Å². The van der Waals surface area contributed by atoms with Crippen LogP contribution in [0.2, 0.25) is 0 Å². The third-order valence-electron chi connectivity index (χ3n) is 3.47. The van der Waals surface area contributed by atoms with Crippen molar-refractivity contribution in [2.24, 2.45) is 0 Å². The molecular formula is C14H30N2O2. The van der Waals surface area contributed by atoms with E-state index in [1.165, 1.54) is 45.3 Å². The Morgan fingerprint density at radius 1 is 1.17 bits per heavy atom. The Balaban J connectivity index is 2.01. The van der Waals surface area contributed by atoms with Gasteiger partial charge in [0.05, 0.1) is 19.8 Å². The Morgan fingerprint density at radius 3 is 2.83 bits per heavy atom. The maximum atomic E-state index is 5.46. The molecule has 0 amide bonds. The molecule has 1 N–H and O–H groups in total. The van der Waals surface area contributed by atoms with E-state index in [9.17, 15) is 0 Å². The summed E-state index contributed by atoms with van der Waals surface area (Å²) in [7, 11) is 1.70. The number of hydrogen-bond donors (Lipinski definition) is 1. The van der Waals surface area contributed by atoms with Crippen molar-refractivity contribution in [1.29, 1.82) is 0 Å². The number of nitrogens with zero attached hydrogens (tertiary/aromatic N) is 1. The fourth-order valence-corrected chi connectivity index (χ4v) is 2.48. The summed E-state index contributed by atoms with van der Waals surface area (Å²) in [5, 5.41) is 3.61. The first-order chi connectivity index (χ1) is 8.86. The van der Waals surface area contributed by atoms with Crippen LogP contribution in [0.3, 0.4) is 0 Å². The fraction of sp³-hybridized carbons (Fsp3) is 1.00. The number of methoxy groups -OCH3 is 1. The van der Waals surface area contributed by atoms with Gasteiger partial charge in [0, 0.05) is 19.7 Å². The Bertz CT molecular complexity index is 191. The molecule has 4 nitrogen and oxygen atoms in total. The molecule has 0 bridgehead atoms. The van der Waals surface area contributed by atoms with Crippen LogP contribution in [0, 0.1) is 0 Å². The molecule has 1 heterocycles. The van der Waals surface area contributed by atoms with Gasteiger partial charge >= 0.3 is 0 Å². The van der Waals surface area contributed by atoms with E-state index < -0.39 is 0 Å². The van der Waals surface area contributed by atoms with Crippen LogP contribution >= 0.6 is 0 Å². The predicted octanol–water partition coefficient (Wildman–Crippen LogP) is 1.50. The highest BCUT2D eigenvalue weighted by molar-refractivity contribution is 4.74. The zero-order chi connectivity index (χ0) is 13.1. The molecule has 0 aromatic rings. The van der Waals surface area contributed by atoms with Gasteiger partial charge in [-0.1, -0.05) is 6.92 Å². The second-order valence-corrected chi connectivity index (χ2v) is 5.03. The number of rotatable bonds is 9. The van der Waals surface area contributed by atoms with E-state index in [-0.39, 0.29) is 0 Å². The third kappa shape index (κ3) is 7.31. The monoisotopic (exact) mass is 258 g/mol. The minimum absolute atomic E-state index is 0.679. The van der Waals surface area contributed by atoms with Crippen molar-refractivity contribution in [3.05, 3.63) is 0 Å². The molecule has 0 spiro atoms. The van der Waals surface area contributed by atoms with E-state index in [0.29, 0.717) is 19.3 Å². The normalized spacial score (nSPS) is 22.0. The maximum Gasteiger partial charge on any atom is 0.0700 e. The van der Waals surface area contributed by atoms with E-state index in [0.717, 1.165) is 13.2 Å². The minimum atomic E-state index is 0.679. The highest BCUT2D eigenvalue weighted by atomic mass is 16.5. The van der Waals surface area contributed by atoms with Gasteiger partial charge in [-0.05, 0) is 45.3 Å². The lowest BCUT2D eigenvalue weighted by atomic mass is 10.1. The van der Waals surface area contributed by atoms with Gasteiger partial charge in [0.15, 0.2) is 0 Å². The van der Waals surface area contributed by atoms with Crippen molar-refractivity contribution < 1.29 is 9.47 Å². The van der Waals surface area contributed by atoms with Crippen molar-refractivity contribution in [3.8, 4) is 0 Å². The topological polar surface area (TPSA) is 33.7 Å². The molecule has 0 radical (unpaired) electrons. The lowest BCUT2D eigenvalue weighted by Crippen LogP contribution is -2.33. The Kier molecular flexibility index (Phi) is 9.48. The first-order valence-electron chi connectivity index (χ1n) is 7.39. The molecule has 1 rings (SSSR count). The highest BCUT2D eigenvalue weighted by Gasteiger charge is 2.15. The number of likely N-dealkylation sites (tertiary alicyclic amines) is 1. The smallest absolute Gasteiger partial charge is 0.0700 e. The molecule has 1 saturated heterocycles. The lowest BCUT2D eigenvalue weighted by Gasteiger charge is -2.19. The minimum Gasteiger partial charge on any atom is -0.382 e. The van der Waals surface area contributed by atoms with Crippen LogP contribution in [-0.4, -0.2) is 64.1 Å². The van der Waals surface area contributed by atoms with Gasteiger partial charge in [0.25, 0.3) is 0 Å². The summed E-state index contributed by atoms with van der Waals surface area (Å²) in [6, 6.07) is 0.679. The molecule has 108 valence electrons. The summed E-state index contributed by atoms with van der Waals surface area (Å²) in [4.78, 5) is 2.59. The summed E-state index contributed by atoms with van der Waals surface area (Å²) in [5.74, 6) is 0. The van der Waals surface area contributed by atoms with E-state index >= 15 is 0 Å². The van der Waals surface area contributed by atoms with Crippen LogP contribution < -0.4 is 5.32 Å². The van der Waals surface area contributed by atoms with E-state index in [2.05, 4.69) is 17.1 Å². The summed E-state index contributed by atoms with van der Waals surface area (Å²) in [6.07, 6.45) is 5.17. The largest absolute Gasteiger partial charge is 0.382 e. The zero-order valence-electron chi connectivity index (χ0n) is 12.1. The average Bonchev–Trinajstić information content (AvgIpc) is 2.60. The summed E-state index contributed by atoms with van der Waals surface area (Å²) in [5.41, 5.74) is 0. The zero-order valence-corrected chi connectivity index (χ0v) is 12.1. The molecule has 1 atom stereocenters. The van der Waals surface area contributed by atoms with Gasteiger partial charge in [-0.15, -0.1) is 0 Å². The van der Waals surface area contributed by atoms with Gasteiger partial charge in [-0.3, -0.25) is 0 Å². The average molecular weight is 258 g/mol. The lowest BCUT2D eigenvalue weighted by molar-refractivity contribution is 0.0708. The van der Waals surface area contributed by atoms with Gasteiger partial charge < -0.3 is 19.7 Å². The molecule has 0 aromatic carbocycles. The second-order valence-electron chi connectivity index (χ2n) is 5.03. The molecule has 0 aliphatic carbocycles. The Morgan fingerprint density at radius 2 is 2.06 bits per heavy atom. The SMILES string of the molecule is CCCN1CCCC(NCCOCCOC)CC1. The number of hydrogen-bond acceptors (Lipinski definition) is 4. The van der Waals surface area contributed by atoms with E-state index in [1.807, 2.05) is 0 Å². The maximum absolute atomic E-state index is 5.46. The molecule has 0 saturated carbocycles. The van der Waals surface area contributed by atoms with Crippen LogP contribution in [0.5, 0.6) is 0 Å². The summed E-state index contributed by atoms with van der Waals surface area (Å²) >= 11 is 0. The molecule has 18 heavy (non-hydrogen) atoms. The standard InChI is InChI=1S/C14H30N2O2/c1-3-8-16-9-4-5-14(6-10-16)15-7-11-18-13-12-17-2/h14-15H,3-13H2,1-2H3. The van der Waals surface area contributed by atoms with Gasteiger partial charge in [-0.25, -0.2) is 0 Å². The molecular weight excluding hydrogens is 228 g/mol. The summed E-state index contributed by atoms with van der Waals surface area (Å²) < 4.78 is 10.4. The predicted molar refractivity (Wildman–Crippen MR) is 75.1 cm³/mol. The van der Waals surface area contributed by atoms with Crippen LogP contribution in [0.25, 0.3) is 0 Å².